The minimum atomic E-state index is 0.0126. The lowest BCUT2D eigenvalue weighted by atomic mass is 10.1. The predicted octanol–water partition coefficient (Wildman–Crippen LogP) is 1.62. The van der Waals surface area contributed by atoms with Crippen LogP contribution in [-0.2, 0) is 11.3 Å². The maximum Gasteiger partial charge on any atom is 0.225 e. The van der Waals surface area contributed by atoms with Crippen molar-refractivity contribution < 1.29 is 9.90 Å². The number of nitrogens with zero attached hydrogens (tertiary/aromatic N) is 2. The molecule has 6 heteroatoms. The summed E-state index contributed by atoms with van der Waals surface area (Å²) in [6.07, 6.45) is 0. The summed E-state index contributed by atoms with van der Waals surface area (Å²) in [4.78, 5) is 17.5. The van der Waals surface area contributed by atoms with Crippen LogP contribution in [0.2, 0.25) is 0 Å². The average molecular weight is 285 g/mol. The number of hydrogen-bond acceptors (Lipinski definition) is 5. The molecule has 0 aliphatic rings. The van der Waals surface area contributed by atoms with Crippen molar-refractivity contribution >= 4 is 22.4 Å². The molecule has 0 fully saturated rings. The number of aliphatic hydroxyl groups excluding tert-OH is 1. The van der Waals surface area contributed by atoms with Gasteiger partial charge in [-0.3, -0.25) is 9.69 Å². The van der Waals surface area contributed by atoms with Crippen molar-refractivity contribution in [3.05, 3.63) is 11.1 Å². The molecule has 0 saturated carbocycles. The second-order valence-corrected chi connectivity index (χ2v) is 5.55. The molecular weight excluding hydrogens is 262 g/mol. The molecule has 5 nitrogen and oxygen atoms in total. The molecule has 1 heterocycles. The van der Waals surface area contributed by atoms with Gasteiger partial charge in [-0.25, -0.2) is 4.98 Å². The van der Waals surface area contributed by atoms with Crippen LogP contribution in [0.25, 0.3) is 0 Å². The van der Waals surface area contributed by atoms with Gasteiger partial charge in [-0.2, -0.15) is 0 Å². The fourth-order valence-corrected chi connectivity index (χ4v) is 2.55. The van der Waals surface area contributed by atoms with E-state index in [1.807, 2.05) is 26.2 Å². The zero-order chi connectivity index (χ0) is 14.4. The Bertz CT molecular complexity index is 408. The van der Waals surface area contributed by atoms with Crippen LogP contribution in [0.1, 0.15) is 33.4 Å². The lowest BCUT2D eigenvalue weighted by Gasteiger charge is -2.18. The van der Waals surface area contributed by atoms with Gasteiger partial charge in [0.05, 0.1) is 5.69 Å². The molecule has 2 N–H and O–H groups in total. The average Bonchev–Trinajstić information content (AvgIpc) is 2.84. The Hall–Kier alpha value is -0.980. The zero-order valence-electron chi connectivity index (χ0n) is 12.0. The molecule has 0 saturated heterocycles. The number of carbonyl (C=O) groups is 1. The van der Waals surface area contributed by atoms with Gasteiger partial charge in [-0.15, -0.1) is 11.3 Å². The van der Waals surface area contributed by atoms with E-state index in [1.165, 1.54) is 11.3 Å². The molecule has 1 rings (SSSR count). The van der Waals surface area contributed by atoms with Crippen LogP contribution < -0.4 is 10.2 Å². The summed E-state index contributed by atoms with van der Waals surface area (Å²) in [7, 11) is 0. The Morgan fingerprint density at radius 2 is 2.26 bits per heavy atom. The van der Waals surface area contributed by atoms with E-state index in [-0.39, 0.29) is 24.5 Å². The van der Waals surface area contributed by atoms with E-state index in [4.69, 9.17) is 5.11 Å². The van der Waals surface area contributed by atoms with Crippen molar-refractivity contribution in [1.82, 2.24) is 10.3 Å². The van der Waals surface area contributed by atoms with Crippen molar-refractivity contribution in [2.45, 2.75) is 40.3 Å². The number of carbonyl (C=O) groups excluding carboxylic acids is 1. The molecular formula is C13H23N3O2S. The highest BCUT2D eigenvalue weighted by Gasteiger charge is 2.14. The van der Waals surface area contributed by atoms with Crippen LogP contribution in [0, 0.1) is 5.92 Å². The quantitative estimate of drug-likeness (QED) is 0.799. The van der Waals surface area contributed by atoms with E-state index >= 15 is 0 Å². The van der Waals surface area contributed by atoms with Crippen molar-refractivity contribution in [1.29, 1.82) is 0 Å². The molecule has 2 atom stereocenters. The molecule has 0 spiro atoms. The van der Waals surface area contributed by atoms with E-state index in [0.29, 0.717) is 13.1 Å². The van der Waals surface area contributed by atoms with Crippen molar-refractivity contribution in [2.75, 3.05) is 18.1 Å². The Labute approximate surface area is 118 Å². The first-order valence-corrected chi connectivity index (χ1v) is 7.44. The predicted molar refractivity (Wildman–Crippen MR) is 78.4 cm³/mol. The topological polar surface area (TPSA) is 65.5 Å². The molecule has 0 bridgehead atoms. The number of nitrogens with one attached hydrogen (secondary N) is 1. The molecule has 0 aliphatic carbocycles. The highest BCUT2D eigenvalue weighted by Crippen LogP contribution is 2.20. The standard InChI is InChI=1S/C13H23N3O2S/c1-5-16(11(4)18)13-15-12(8-19-13)6-14-10(3)9(2)7-17/h8-10,14,17H,5-7H2,1-4H3. The van der Waals surface area contributed by atoms with Gasteiger partial charge in [0.25, 0.3) is 0 Å². The largest absolute Gasteiger partial charge is 0.396 e. The summed E-state index contributed by atoms with van der Waals surface area (Å²) in [5.74, 6) is 0.223. The van der Waals surface area contributed by atoms with E-state index in [0.717, 1.165) is 10.8 Å². The number of rotatable bonds is 7. The second-order valence-electron chi connectivity index (χ2n) is 4.71. The monoisotopic (exact) mass is 285 g/mol. The number of thiazole rings is 1. The summed E-state index contributed by atoms with van der Waals surface area (Å²) in [6.45, 7) is 8.98. The van der Waals surface area contributed by atoms with Crippen LogP contribution >= 0.6 is 11.3 Å². The van der Waals surface area contributed by atoms with Gasteiger partial charge in [0.1, 0.15) is 0 Å². The van der Waals surface area contributed by atoms with Crippen molar-refractivity contribution in [3.8, 4) is 0 Å². The zero-order valence-corrected chi connectivity index (χ0v) is 12.8. The van der Waals surface area contributed by atoms with Gasteiger partial charge in [0.15, 0.2) is 5.13 Å². The summed E-state index contributed by atoms with van der Waals surface area (Å²) in [5, 5.41) is 15.1. The van der Waals surface area contributed by atoms with E-state index in [2.05, 4.69) is 10.3 Å². The molecule has 0 aliphatic heterocycles. The minimum Gasteiger partial charge on any atom is -0.396 e. The van der Waals surface area contributed by atoms with Crippen molar-refractivity contribution in [3.63, 3.8) is 0 Å². The van der Waals surface area contributed by atoms with Gasteiger partial charge >= 0.3 is 0 Å². The second kappa shape index (κ2) is 7.57. The number of aromatic nitrogens is 1. The fourth-order valence-electron chi connectivity index (χ4n) is 1.62. The first-order valence-electron chi connectivity index (χ1n) is 6.56. The van der Waals surface area contributed by atoms with Gasteiger partial charge in [-0.1, -0.05) is 6.92 Å². The molecule has 2 unspecified atom stereocenters. The molecule has 0 aromatic carbocycles. The third kappa shape index (κ3) is 4.56. The van der Waals surface area contributed by atoms with Crippen LogP contribution in [0.15, 0.2) is 5.38 Å². The summed E-state index contributed by atoms with van der Waals surface area (Å²) in [6, 6.07) is 0.227. The molecule has 1 aromatic heterocycles. The molecule has 0 radical (unpaired) electrons. The number of anilines is 1. The Kier molecular flexibility index (Phi) is 6.41. The maximum absolute atomic E-state index is 11.4. The third-order valence-corrected chi connectivity index (χ3v) is 4.13. The Morgan fingerprint density at radius 1 is 1.58 bits per heavy atom. The lowest BCUT2D eigenvalue weighted by molar-refractivity contribution is -0.116. The van der Waals surface area contributed by atoms with Gasteiger partial charge < -0.3 is 10.4 Å². The van der Waals surface area contributed by atoms with Crippen LogP contribution in [0.5, 0.6) is 0 Å². The van der Waals surface area contributed by atoms with Gasteiger partial charge in [0, 0.05) is 38.0 Å². The minimum absolute atomic E-state index is 0.0126. The van der Waals surface area contributed by atoms with Crippen LogP contribution in [0.3, 0.4) is 0 Å². The summed E-state index contributed by atoms with van der Waals surface area (Å²) >= 11 is 1.48. The third-order valence-electron chi connectivity index (χ3n) is 3.21. The molecule has 19 heavy (non-hydrogen) atoms. The van der Waals surface area contributed by atoms with Gasteiger partial charge in [0.2, 0.25) is 5.91 Å². The highest BCUT2D eigenvalue weighted by molar-refractivity contribution is 7.14. The number of aliphatic hydroxyl groups is 1. The summed E-state index contributed by atoms with van der Waals surface area (Å²) < 4.78 is 0. The molecule has 1 aromatic rings. The maximum atomic E-state index is 11.4. The lowest BCUT2D eigenvalue weighted by Crippen LogP contribution is -2.33. The first kappa shape index (κ1) is 16.1. The normalized spacial score (nSPS) is 14.2. The van der Waals surface area contributed by atoms with E-state index < -0.39 is 0 Å². The highest BCUT2D eigenvalue weighted by atomic mass is 32.1. The van der Waals surface area contributed by atoms with Crippen LogP contribution in [-0.4, -0.2) is 35.2 Å². The Balaban J connectivity index is 2.58. The van der Waals surface area contributed by atoms with E-state index in [9.17, 15) is 4.79 Å². The molecule has 108 valence electrons. The fraction of sp³-hybridized carbons (Fsp3) is 0.692. The van der Waals surface area contributed by atoms with Gasteiger partial charge in [-0.05, 0) is 19.8 Å². The summed E-state index contributed by atoms with van der Waals surface area (Å²) in [5.41, 5.74) is 0.927. The smallest absolute Gasteiger partial charge is 0.225 e. The number of amides is 1. The SMILES string of the molecule is CCN(C(C)=O)c1nc(CNC(C)C(C)CO)cs1. The molecule has 1 amide bonds. The van der Waals surface area contributed by atoms with E-state index in [1.54, 1.807) is 11.8 Å². The number of hydrogen-bond donors (Lipinski definition) is 2. The first-order chi connectivity index (χ1) is 8.99. The van der Waals surface area contributed by atoms with Crippen LogP contribution in [0.4, 0.5) is 5.13 Å². The van der Waals surface area contributed by atoms with Crippen molar-refractivity contribution in [2.24, 2.45) is 5.92 Å². The Morgan fingerprint density at radius 3 is 2.79 bits per heavy atom.